The van der Waals surface area contributed by atoms with Gasteiger partial charge in [0.05, 0.1) is 5.56 Å². The van der Waals surface area contributed by atoms with Crippen molar-refractivity contribution < 1.29 is 33.3 Å². The summed E-state index contributed by atoms with van der Waals surface area (Å²) in [5, 5.41) is 5.86. The summed E-state index contributed by atoms with van der Waals surface area (Å²) < 4.78 is 10.0. The number of benzene rings is 2. The van der Waals surface area contributed by atoms with Gasteiger partial charge in [-0.2, -0.15) is 4.79 Å². The molecular weight excluding hydrogens is 438 g/mol. The minimum absolute atomic E-state index is 0.0535. The molecule has 0 unspecified atom stereocenters. The average Bonchev–Trinajstić information content (AvgIpc) is 2.81. The highest BCUT2D eigenvalue weighted by Crippen LogP contribution is 2.20. The molecule has 2 aromatic rings. The number of hydroxylamine groups is 3. The van der Waals surface area contributed by atoms with E-state index in [9.17, 15) is 14.4 Å². The third kappa shape index (κ3) is 7.29. The highest BCUT2D eigenvalue weighted by Gasteiger charge is 2.45. The lowest BCUT2D eigenvalue weighted by Gasteiger charge is -2.34. The van der Waals surface area contributed by atoms with E-state index in [0.29, 0.717) is 18.7 Å². The van der Waals surface area contributed by atoms with Crippen LogP contribution < -0.4 is 10.6 Å². The van der Waals surface area contributed by atoms with Crippen molar-refractivity contribution in [2.75, 3.05) is 26.2 Å². The Kier molecular flexibility index (Phi) is 8.25. The quantitative estimate of drug-likeness (QED) is 0.509. The Morgan fingerprint density at radius 3 is 2.32 bits per heavy atom. The number of nitrogens with one attached hydrogen (secondary N) is 2. The second-order valence-electron chi connectivity index (χ2n) is 9.06. The van der Waals surface area contributed by atoms with Gasteiger partial charge in [0.25, 0.3) is 0 Å². The van der Waals surface area contributed by atoms with E-state index in [0.717, 1.165) is 11.1 Å². The summed E-state index contributed by atoms with van der Waals surface area (Å²) >= 11 is 0. The van der Waals surface area contributed by atoms with Crippen LogP contribution in [-0.2, 0) is 27.5 Å². The topological polar surface area (TPSA) is 103 Å². The van der Waals surface area contributed by atoms with Gasteiger partial charge in [-0.25, -0.2) is 14.4 Å². The lowest BCUT2D eigenvalue weighted by molar-refractivity contribution is -1.02. The molecule has 0 spiro atoms. The van der Waals surface area contributed by atoms with Crippen LogP contribution in [0.1, 0.15) is 42.3 Å². The molecule has 2 amide bonds. The molecule has 0 saturated carbocycles. The Morgan fingerprint density at radius 2 is 1.65 bits per heavy atom. The van der Waals surface area contributed by atoms with Crippen molar-refractivity contribution in [2.45, 2.75) is 39.5 Å². The summed E-state index contributed by atoms with van der Waals surface area (Å²) in [6.07, 6.45) is -1.44. The van der Waals surface area contributed by atoms with Crippen LogP contribution >= 0.6 is 0 Å². The van der Waals surface area contributed by atoms with E-state index in [1.54, 1.807) is 45.0 Å². The maximum absolute atomic E-state index is 13.5. The summed E-state index contributed by atoms with van der Waals surface area (Å²) in [6, 6.07) is 16.1. The maximum Gasteiger partial charge on any atom is 0.560 e. The number of alkyl carbamates (subject to hydrolysis) is 1. The van der Waals surface area contributed by atoms with Gasteiger partial charge in [-0.15, -0.1) is 0 Å². The molecule has 0 aromatic heterocycles. The minimum atomic E-state index is -0.901. The molecule has 1 fully saturated rings. The number of carbonyl (C=O) groups excluding carboxylic acids is 3. The van der Waals surface area contributed by atoms with Crippen molar-refractivity contribution in [1.82, 2.24) is 10.6 Å². The maximum atomic E-state index is 13.5. The van der Waals surface area contributed by atoms with Crippen molar-refractivity contribution >= 4 is 18.2 Å². The zero-order chi connectivity index (χ0) is 24.6. The number of hydrogen-bond acceptors (Lipinski definition) is 7. The number of rotatable bonds is 5. The van der Waals surface area contributed by atoms with Gasteiger partial charge in [0, 0.05) is 19.6 Å². The Morgan fingerprint density at radius 1 is 0.971 bits per heavy atom. The Hall–Kier alpha value is -3.43. The number of carbonyl (C=O) groups is 3. The molecule has 1 aliphatic heterocycles. The first kappa shape index (κ1) is 25.2. The van der Waals surface area contributed by atoms with E-state index in [4.69, 9.17) is 14.3 Å². The fourth-order valence-corrected chi connectivity index (χ4v) is 3.52. The molecule has 1 heterocycles. The van der Waals surface area contributed by atoms with Crippen LogP contribution in [0.5, 0.6) is 0 Å². The van der Waals surface area contributed by atoms with Crippen molar-refractivity contribution in [3.63, 3.8) is 0 Å². The lowest BCUT2D eigenvalue weighted by Crippen LogP contribution is -2.62. The van der Waals surface area contributed by atoms with Gasteiger partial charge < -0.3 is 20.1 Å². The molecule has 2 N–H and O–H groups in total. The molecular formula is C25H32N3O6+. The zero-order valence-corrected chi connectivity index (χ0v) is 19.8. The van der Waals surface area contributed by atoms with Crippen molar-refractivity contribution in [3.05, 3.63) is 71.3 Å². The molecule has 182 valence electrons. The number of quaternary nitrogens is 1. The first-order valence-corrected chi connectivity index (χ1v) is 11.3. The molecule has 9 heteroatoms. The van der Waals surface area contributed by atoms with Crippen molar-refractivity contribution in [2.24, 2.45) is 0 Å². The molecule has 0 radical (unpaired) electrons. The van der Waals surface area contributed by atoms with Crippen LogP contribution in [0, 0.1) is 0 Å². The highest BCUT2D eigenvalue weighted by molar-refractivity contribution is 5.89. The normalized spacial score (nSPS) is 15.1. The van der Waals surface area contributed by atoms with Crippen LogP contribution in [0.3, 0.4) is 0 Å². The third-order valence-corrected chi connectivity index (χ3v) is 5.13. The van der Waals surface area contributed by atoms with Gasteiger partial charge in [0.1, 0.15) is 25.3 Å². The molecule has 0 bridgehead atoms. The predicted octanol–water partition coefficient (Wildman–Crippen LogP) is 3.54. The molecule has 1 aliphatic rings. The molecule has 1 saturated heterocycles. The van der Waals surface area contributed by atoms with Gasteiger partial charge in [0.15, 0.2) is 0 Å². The van der Waals surface area contributed by atoms with Crippen LogP contribution in [-0.4, -0.2) is 54.6 Å². The molecule has 9 nitrogen and oxygen atoms in total. The number of amides is 2. The molecule has 0 atom stereocenters. The van der Waals surface area contributed by atoms with E-state index < -0.39 is 22.5 Å². The van der Waals surface area contributed by atoms with E-state index in [1.165, 1.54) is 0 Å². The fourth-order valence-electron chi connectivity index (χ4n) is 3.52. The number of hydrogen-bond donors (Lipinski definition) is 2. The van der Waals surface area contributed by atoms with Crippen LogP contribution in [0.15, 0.2) is 54.6 Å². The van der Waals surface area contributed by atoms with Gasteiger partial charge in [-0.3, -0.25) is 0 Å². The van der Waals surface area contributed by atoms with E-state index in [-0.39, 0.29) is 32.1 Å². The van der Waals surface area contributed by atoms with Crippen LogP contribution in [0.25, 0.3) is 0 Å². The fraction of sp³-hybridized carbons (Fsp3) is 0.400. The van der Waals surface area contributed by atoms with E-state index >= 15 is 0 Å². The van der Waals surface area contributed by atoms with Gasteiger partial charge >= 0.3 is 18.2 Å². The van der Waals surface area contributed by atoms with Gasteiger partial charge in [-0.1, -0.05) is 47.1 Å². The largest absolute Gasteiger partial charge is 0.560 e. The summed E-state index contributed by atoms with van der Waals surface area (Å²) in [7, 11) is 0. The summed E-state index contributed by atoms with van der Waals surface area (Å²) in [4.78, 5) is 43.6. The first-order valence-electron chi connectivity index (χ1n) is 11.3. The monoisotopic (exact) mass is 470 g/mol. The van der Waals surface area contributed by atoms with E-state index in [1.807, 2.05) is 30.3 Å². The van der Waals surface area contributed by atoms with Crippen molar-refractivity contribution in [3.8, 4) is 0 Å². The zero-order valence-electron chi connectivity index (χ0n) is 19.8. The predicted molar refractivity (Wildman–Crippen MR) is 124 cm³/mol. The average molecular weight is 471 g/mol. The Balaban J connectivity index is 1.68. The first-order chi connectivity index (χ1) is 16.2. The van der Waals surface area contributed by atoms with Gasteiger partial charge in [-0.05, 0) is 44.0 Å². The van der Waals surface area contributed by atoms with Gasteiger partial charge in [0.2, 0.25) is 0 Å². The SMILES string of the molecule is CC(C)(C)OC(=O)NCc1cccc(C(=O)[N+]2(OC(=O)OCc3ccccc3)CCNCC2)c1. The summed E-state index contributed by atoms with van der Waals surface area (Å²) in [6.45, 7) is 7.18. The number of piperazine rings is 1. The lowest BCUT2D eigenvalue weighted by atomic mass is 10.1. The van der Waals surface area contributed by atoms with E-state index in [2.05, 4.69) is 10.6 Å². The molecule has 2 aromatic carbocycles. The molecule has 3 rings (SSSR count). The molecule has 34 heavy (non-hydrogen) atoms. The second kappa shape index (κ2) is 11.1. The molecule has 0 aliphatic carbocycles. The van der Waals surface area contributed by atoms with Crippen LogP contribution in [0.4, 0.5) is 9.59 Å². The second-order valence-corrected chi connectivity index (χ2v) is 9.06. The number of nitrogens with zero attached hydrogens (tertiary/aromatic N) is 1. The Labute approximate surface area is 199 Å². The van der Waals surface area contributed by atoms with Crippen LogP contribution in [0.2, 0.25) is 0 Å². The Bertz CT molecular complexity index is 997. The van der Waals surface area contributed by atoms with Crippen molar-refractivity contribution in [1.29, 1.82) is 0 Å². The minimum Gasteiger partial charge on any atom is -0.444 e. The highest BCUT2D eigenvalue weighted by atomic mass is 16.8. The smallest absolute Gasteiger partial charge is 0.444 e. The standard InChI is InChI=1S/C25H31N3O6/c1-25(2,3)33-23(30)27-17-20-10-7-11-21(16-20)22(29)28(14-12-26-13-15-28)34-24(31)32-18-19-8-5-4-6-9-19/h4-11,16,26H,12-15,17-18H2,1-3H3/p+1. The summed E-state index contributed by atoms with van der Waals surface area (Å²) in [5.41, 5.74) is 1.31. The third-order valence-electron chi connectivity index (χ3n) is 5.13. The number of ether oxygens (including phenoxy) is 2. The summed E-state index contributed by atoms with van der Waals surface area (Å²) in [5.74, 6) is -0.350.